The number of aromatic nitrogens is 2. The van der Waals surface area contributed by atoms with Crippen molar-refractivity contribution >= 4 is 0 Å². The third-order valence-electron chi connectivity index (χ3n) is 3.24. The molecule has 1 unspecified atom stereocenters. The quantitative estimate of drug-likeness (QED) is 0.859. The van der Waals surface area contributed by atoms with E-state index in [0.29, 0.717) is 12.0 Å². The number of aryl methyl sites for hydroxylation is 2. The number of ether oxygens (including phenoxy) is 1. The predicted molar refractivity (Wildman–Crippen MR) is 78.1 cm³/mol. The van der Waals surface area contributed by atoms with Crippen molar-refractivity contribution in [3.05, 3.63) is 22.8 Å². The molecule has 1 heterocycles. The lowest BCUT2D eigenvalue weighted by Gasteiger charge is -2.20. The van der Waals surface area contributed by atoms with Crippen LogP contribution in [0.3, 0.4) is 0 Å². The normalized spacial score (nSPS) is 13.3. The lowest BCUT2D eigenvalue weighted by molar-refractivity contribution is 0.0571. The summed E-state index contributed by atoms with van der Waals surface area (Å²) in [7, 11) is 1.72. The number of hydrogen-bond donors (Lipinski definition) is 1. The Morgan fingerprint density at radius 3 is 1.95 bits per heavy atom. The van der Waals surface area contributed by atoms with Gasteiger partial charge in [-0.3, -0.25) is 0 Å². The summed E-state index contributed by atoms with van der Waals surface area (Å²) < 4.78 is 5.51. The molecule has 0 amide bonds. The van der Waals surface area contributed by atoms with Crippen molar-refractivity contribution in [1.29, 1.82) is 0 Å². The van der Waals surface area contributed by atoms with Crippen molar-refractivity contribution in [1.82, 2.24) is 15.3 Å². The van der Waals surface area contributed by atoms with Gasteiger partial charge in [-0.1, -0.05) is 27.7 Å². The molecule has 1 aromatic rings. The van der Waals surface area contributed by atoms with Gasteiger partial charge in [-0.05, 0) is 19.8 Å². The SMILES string of the molecule is COC(c1nc(C)c(CNC(C)C)c(C)n1)C(C)C. The Labute approximate surface area is 117 Å². The highest BCUT2D eigenvalue weighted by molar-refractivity contribution is 5.24. The fourth-order valence-corrected chi connectivity index (χ4v) is 2.13. The zero-order valence-corrected chi connectivity index (χ0v) is 13.2. The highest BCUT2D eigenvalue weighted by Crippen LogP contribution is 2.23. The Kier molecular flexibility index (Phi) is 5.88. The summed E-state index contributed by atoms with van der Waals surface area (Å²) in [6.07, 6.45) is -0.0375. The van der Waals surface area contributed by atoms with Gasteiger partial charge in [0.25, 0.3) is 0 Å². The van der Waals surface area contributed by atoms with Crippen LogP contribution in [0.5, 0.6) is 0 Å². The largest absolute Gasteiger partial charge is 0.373 e. The Bertz CT molecular complexity index is 393. The van der Waals surface area contributed by atoms with Gasteiger partial charge in [0.05, 0.1) is 0 Å². The maximum absolute atomic E-state index is 5.51. The highest BCUT2D eigenvalue weighted by Gasteiger charge is 2.20. The topological polar surface area (TPSA) is 47.0 Å². The molecule has 108 valence electrons. The number of methoxy groups -OCH3 is 1. The smallest absolute Gasteiger partial charge is 0.157 e. The Balaban J connectivity index is 3.02. The minimum atomic E-state index is -0.0375. The average molecular weight is 265 g/mol. The van der Waals surface area contributed by atoms with Gasteiger partial charge in [-0.15, -0.1) is 0 Å². The van der Waals surface area contributed by atoms with Crippen LogP contribution in [0.2, 0.25) is 0 Å². The van der Waals surface area contributed by atoms with E-state index in [4.69, 9.17) is 4.74 Å². The average Bonchev–Trinajstić information content (AvgIpc) is 2.27. The van der Waals surface area contributed by atoms with Crippen LogP contribution in [0.15, 0.2) is 0 Å². The lowest BCUT2D eigenvalue weighted by atomic mass is 10.1. The lowest BCUT2D eigenvalue weighted by Crippen LogP contribution is -2.24. The fraction of sp³-hybridized carbons (Fsp3) is 0.733. The van der Waals surface area contributed by atoms with Crippen LogP contribution >= 0.6 is 0 Å². The summed E-state index contributed by atoms with van der Waals surface area (Å²) in [6.45, 7) is 13.4. The Morgan fingerprint density at radius 1 is 1.05 bits per heavy atom. The molecule has 0 fully saturated rings. The molecule has 0 saturated carbocycles. The minimum Gasteiger partial charge on any atom is -0.373 e. The second-order valence-corrected chi connectivity index (χ2v) is 5.67. The second kappa shape index (κ2) is 6.96. The van der Waals surface area contributed by atoms with Crippen LogP contribution in [0.1, 0.15) is 56.6 Å². The number of hydrogen-bond acceptors (Lipinski definition) is 4. The molecule has 1 aromatic heterocycles. The van der Waals surface area contributed by atoms with E-state index in [2.05, 4.69) is 43.0 Å². The van der Waals surface area contributed by atoms with Gasteiger partial charge in [0.2, 0.25) is 0 Å². The molecule has 0 saturated heterocycles. The molecule has 19 heavy (non-hydrogen) atoms. The maximum Gasteiger partial charge on any atom is 0.157 e. The van der Waals surface area contributed by atoms with E-state index < -0.39 is 0 Å². The van der Waals surface area contributed by atoms with E-state index >= 15 is 0 Å². The molecule has 4 nitrogen and oxygen atoms in total. The van der Waals surface area contributed by atoms with Crippen LogP contribution < -0.4 is 5.32 Å². The van der Waals surface area contributed by atoms with E-state index in [1.54, 1.807) is 7.11 Å². The number of nitrogens with one attached hydrogen (secondary N) is 1. The molecule has 0 aromatic carbocycles. The molecule has 0 aliphatic heterocycles. The monoisotopic (exact) mass is 265 g/mol. The van der Waals surface area contributed by atoms with Crippen LogP contribution in [0.4, 0.5) is 0 Å². The van der Waals surface area contributed by atoms with Crippen molar-refractivity contribution in [2.24, 2.45) is 5.92 Å². The highest BCUT2D eigenvalue weighted by atomic mass is 16.5. The maximum atomic E-state index is 5.51. The molecular weight excluding hydrogens is 238 g/mol. The molecule has 4 heteroatoms. The van der Waals surface area contributed by atoms with Crippen molar-refractivity contribution in [2.45, 2.75) is 60.2 Å². The molecule has 0 spiro atoms. The molecule has 0 aliphatic carbocycles. The summed E-state index contributed by atoms with van der Waals surface area (Å²) in [5.74, 6) is 1.16. The number of rotatable bonds is 6. The van der Waals surface area contributed by atoms with Crippen molar-refractivity contribution in [3.63, 3.8) is 0 Å². The first kappa shape index (κ1) is 16.1. The van der Waals surface area contributed by atoms with E-state index in [1.165, 1.54) is 5.56 Å². The zero-order chi connectivity index (χ0) is 14.6. The van der Waals surface area contributed by atoms with Gasteiger partial charge in [-0.2, -0.15) is 0 Å². The minimum absolute atomic E-state index is 0.0375. The third kappa shape index (κ3) is 4.25. The van der Waals surface area contributed by atoms with Crippen LogP contribution in [0, 0.1) is 19.8 Å². The van der Waals surface area contributed by atoms with E-state index in [0.717, 1.165) is 23.8 Å². The molecule has 0 aliphatic rings. The Hall–Kier alpha value is -1.00. The van der Waals surface area contributed by atoms with Crippen LogP contribution in [-0.4, -0.2) is 23.1 Å². The molecule has 0 radical (unpaired) electrons. The summed E-state index contributed by atoms with van der Waals surface area (Å²) >= 11 is 0. The van der Waals surface area contributed by atoms with Gasteiger partial charge >= 0.3 is 0 Å². The molecular formula is C15H27N3O. The summed E-state index contributed by atoms with van der Waals surface area (Å²) in [5, 5.41) is 3.42. The van der Waals surface area contributed by atoms with Gasteiger partial charge in [0.1, 0.15) is 6.10 Å². The zero-order valence-electron chi connectivity index (χ0n) is 13.2. The first-order valence-corrected chi connectivity index (χ1v) is 6.97. The molecule has 1 atom stereocenters. The summed E-state index contributed by atoms with van der Waals surface area (Å²) in [5.41, 5.74) is 3.27. The van der Waals surface area contributed by atoms with Gasteiger partial charge in [0, 0.05) is 36.6 Å². The predicted octanol–water partition coefficient (Wildman–Crippen LogP) is 2.93. The Morgan fingerprint density at radius 2 is 1.58 bits per heavy atom. The van der Waals surface area contributed by atoms with Gasteiger partial charge in [-0.25, -0.2) is 9.97 Å². The second-order valence-electron chi connectivity index (χ2n) is 5.67. The van der Waals surface area contributed by atoms with Crippen molar-refractivity contribution in [3.8, 4) is 0 Å². The molecule has 1 rings (SSSR count). The van der Waals surface area contributed by atoms with Crippen molar-refractivity contribution < 1.29 is 4.74 Å². The molecule has 1 N–H and O–H groups in total. The summed E-state index contributed by atoms with van der Waals surface area (Å²) in [4.78, 5) is 9.26. The van der Waals surface area contributed by atoms with E-state index in [1.807, 2.05) is 13.8 Å². The van der Waals surface area contributed by atoms with E-state index in [-0.39, 0.29) is 6.10 Å². The van der Waals surface area contributed by atoms with Crippen LogP contribution in [0.25, 0.3) is 0 Å². The van der Waals surface area contributed by atoms with Gasteiger partial charge in [0.15, 0.2) is 5.82 Å². The fourth-order valence-electron chi connectivity index (χ4n) is 2.13. The molecule has 0 bridgehead atoms. The van der Waals surface area contributed by atoms with Crippen molar-refractivity contribution in [2.75, 3.05) is 7.11 Å². The first-order valence-electron chi connectivity index (χ1n) is 6.97. The van der Waals surface area contributed by atoms with Gasteiger partial charge < -0.3 is 10.1 Å². The standard InChI is InChI=1S/C15H27N3O/c1-9(2)14(19-7)15-17-11(5)13(12(6)18-15)8-16-10(3)4/h9-10,14,16H,8H2,1-7H3. The third-order valence-corrected chi connectivity index (χ3v) is 3.24. The van der Waals surface area contributed by atoms with E-state index in [9.17, 15) is 0 Å². The first-order chi connectivity index (χ1) is 8.86. The van der Waals surface area contributed by atoms with Crippen LogP contribution in [-0.2, 0) is 11.3 Å². The summed E-state index contributed by atoms with van der Waals surface area (Å²) in [6, 6.07) is 0.459. The number of nitrogens with zero attached hydrogens (tertiary/aromatic N) is 2.